The molecule has 1 aliphatic rings. The van der Waals surface area contributed by atoms with Gasteiger partial charge in [-0.1, -0.05) is 135 Å². The Labute approximate surface area is 317 Å². The molecule has 0 atom stereocenters. The highest BCUT2D eigenvalue weighted by Crippen LogP contribution is 2.51. The fraction of sp³-hybridized carbons (Fsp3) is 0.0612. The molecule has 7 aromatic carbocycles. The zero-order chi connectivity index (χ0) is 36.4. The number of nitriles is 1. The molecule has 0 saturated carbocycles. The van der Waals surface area contributed by atoms with Gasteiger partial charge in [-0.15, -0.1) is 11.3 Å². The van der Waals surface area contributed by atoms with E-state index in [1.807, 2.05) is 78.1 Å². The van der Waals surface area contributed by atoms with Gasteiger partial charge in [-0.2, -0.15) is 5.26 Å². The number of hydrogen-bond acceptors (Lipinski definition) is 5. The van der Waals surface area contributed by atoms with Crippen molar-refractivity contribution in [2.75, 3.05) is 0 Å². The van der Waals surface area contributed by atoms with Gasteiger partial charge >= 0.3 is 0 Å². The summed E-state index contributed by atoms with van der Waals surface area (Å²) >= 11 is 1.84. The van der Waals surface area contributed by atoms with E-state index in [0.717, 1.165) is 22.3 Å². The van der Waals surface area contributed by atoms with Crippen LogP contribution in [0.4, 0.5) is 0 Å². The second kappa shape index (κ2) is 12.4. The van der Waals surface area contributed by atoms with Crippen molar-refractivity contribution in [1.29, 1.82) is 5.26 Å². The Bertz CT molecular complexity index is 2900. The van der Waals surface area contributed by atoms with E-state index < -0.39 is 0 Å². The molecule has 0 spiro atoms. The third-order valence-electron chi connectivity index (χ3n) is 10.8. The second-order valence-corrected chi connectivity index (χ2v) is 15.4. The van der Waals surface area contributed by atoms with Crippen LogP contribution >= 0.6 is 11.3 Å². The fourth-order valence-electron chi connectivity index (χ4n) is 7.93. The molecule has 0 aliphatic heterocycles. The second-order valence-electron chi connectivity index (χ2n) is 14.4. The molecule has 4 nitrogen and oxygen atoms in total. The predicted octanol–water partition coefficient (Wildman–Crippen LogP) is 12.8. The molecule has 9 aromatic rings. The molecule has 0 amide bonds. The molecular weight excluding hydrogens is 677 g/mol. The van der Waals surface area contributed by atoms with Crippen LogP contribution < -0.4 is 0 Å². The first-order valence-electron chi connectivity index (χ1n) is 18.1. The van der Waals surface area contributed by atoms with E-state index in [1.165, 1.54) is 59.1 Å². The molecule has 0 saturated heterocycles. The fourth-order valence-corrected chi connectivity index (χ4v) is 9.15. The molecule has 10 rings (SSSR count). The topological polar surface area (TPSA) is 62.5 Å². The van der Waals surface area contributed by atoms with Crippen LogP contribution in [-0.4, -0.2) is 15.0 Å². The summed E-state index contributed by atoms with van der Waals surface area (Å²) in [6.07, 6.45) is 0. The Morgan fingerprint density at radius 2 is 1.00 bits per heavy atom. The summed E-state index contributed by atoms with van der Waals surface area (Å²) in [4.78, 5) is 14.8. The van der Waals surface area contributed by atoms with E-state index in [4.69, 9.17) is 15.0 Å². The van der Waals surface area contributed by atoms with Crippen molar-refractivity contribution in [2.45, 2.75) is 19.3 Å². The zero-order valence-corrected chi connectivity index (χ0v) is 30.5. The van der Waals surface area contributed by atoms with Crippen LogP contribution in [0.15, 0.2) is 158 Å². The first-order valence-corrected chi connectivity index (χ1v) is 18.9. The van der Waals surface area contributed by atoms with Crippen LogP contribution in [0.1, 0.15) is 30.5 Å². The average Bonchev–Trinajstić information content (AvgIpc) is 3.72. The highest BCUT2D eigenvalue weighted by Gasteiger charge is 2.36. The number of aromatic nitrogens is 3. The van der Waals surface area contributed by atoms with Crippen LogP contribution in [0.5, 0.6) is 0 Å². The van der Waals surface area contributed by atoms with E-state index in [-0.39, 0.29) is 5.41 Å². The molecule has 0 fully saturated rings. The molecule has 0 radical (unpaired) electrons. The monoisotopic (exact) mass is 708 g/mol. The van der Waals surface area contributed by atoms with Crippen molar-refractivity contribution >= 4 is 31.5 Å². The lowest BCUT2D eigenvalue weighted by Crippen LogP contribution is -2.15. The number of fused-ring (bicyclic) bond motifs is 6. The van der Waals surface area contributed by atoms with Gasteiger partial charge in [0.2, 0.25) is 0 Å². The molecule has 1 aliphatic carbocycles. The van der Waals surface area contributed by atoms with Crippen LogP contribution in [0.2, 0.25) is 0 Å². The van der Waals surface area contributed by atoms with Crippen LogP contribution in [0.25, 0.3) is 87.7 Å². The maximum absolute atomic E-state index is 9.64. The molecule has 0 N–H and O–H groups in total. The molecule has 2 heterocycles. The Hall–Kier alpha value is -6.74. The number of thiophene rings is 1. The molecule has 0 bridgehead atoms. The number of benzene rings is 7. The molecule has 254 valence electrons. The van der Waals surface area contributed by atoms with Crippen molar-refractivity contribution < 1.29 is 0 Å². The van der Waals surface area contributed by atoms with E-state index >= 15 is 0 Å². The first-order chi connectivity index (χ1) is 26.4. The van der Waals surface area contributed by atoms with Crippen molar-refractivity contribution in [3.63, 3.8) is 0 Å². The smallest absolute Gasteiger partial charge is 0.164 e. The van der Waals surface area contributed by atoms with Gasteiger partial charge in [0.05, 0.1) is 11.6 Å². The standard InChI is InChI=1S/C49H32N4S/c1-49(2)42-25-30(29-50)17-23-37(42)38-24-22-35(28-43(38)49)36-26-40(45-41(27-36)39-15-9-10-16-44(39)54-45)31-18-20-34(21-19-31)48-52-46(32-11-5-3-6-12-32)51-47(53-48)33-13-7-4-8-14-33/h3-28H,1-2H3. The summed E-state index contributed by atoms with van der Waals surface area (Å²) in [7, 11) is 0. The lowest BCUT2D eigenvalue weighted by atomic mass is 9.81. The molecule has 0 unspecified atom stereocenters. The Kier molecular flexibility index (Phi) is 7.36. The third kappa shape index (κ3) is 5.23. The van der Waals surface area contributed by atoms with Crippen molar-refractivity contribution in [1.82, 2.24) is 15.0 Å². The van der Waals surface area contributed by atoms with Gasteiger partial charge in [0, 0.05) is 47.8 Å². The predicted molar refractivity (Wildman–Crippen MR) is 222 cm³/mol. The minimum atomic E-state index is -0.221. The number of nitrogens with zero attached hydrogens (tertiary/aromatic N) is 4. The van der Waals surface area contributed by atoms with Gasteiger partial charge < -0.3 is 0 Å². The van der Waals surface area contributed by atoms with E-state index in [1.54, 1.807) is 0 Å². The minimum absolute atomic E-state index is 0.221. The molecular formula is C49H32N4S. The normalized spacial score (nSPS) is 12.8. The van der Waals surface area contributed by atoms with Gasteiger partial charge in [-0.3, -0.25) is 0 Å². The SMILES string of the molecule is CC1(C)c2cc(C#N)ccc2-c2ccc(-c3cc(-c4ccc(-c5nc(-c6ccccc6)nc(-c6ccccc6)n5)cc4)c4sc5ccccc5c4c3)cc21. The largest absolute Gasteiger partial charge is 0.208 e. The van der Waals surface area contributed by atoms with Gasteiger partial charge in [-0.05, 0) is 75.3 Å². The minimum Gasteiger partial charge on any atom is -0.208 e. The quantitative estimate of drug-likeness (QED) is 0.179. The molecule has 5 heteroatoms. The van der Waals surface area contributed by atoms with Crippen LogP contribution in [0, 0.1) is 11.3 Å². The summed E-state index contributed by atoms with van der Waals surface area (Å²) in [5.41, 5.74) is 12.9. The third-order valence-corrected chi connectivity index (χ3v) is 12.0. The van der Waals surface area contributed by atoms with Crippen molar-refractivity contribution in [3.05, 3.63) is 174 Å². The Morgan fingerprint density at radius 3 is 1.65 bits per heavy atom. The van der Waals surface area contributed by atoms with Gasteiger partial charge in [0.25, 0.3) is 0 Å². The summed E-state index contributed by atoms with van der Waals surface area (Å²) in [5.74, 6) is 1.93. The lowest BCUT2D eigenvalue weighted by molar-refractivity contribution is 0.660. The summed E-state index contributed by atoms with van der Waals surface area (Å²) in [6, 6.07) is 57.5. The van der Waals surface area contributed by atoms with Crippen molar-refractivity contribution in [2.24, 2.45) is 0 Å². The molecule has 2 aromatic heterocycles. The zero-order valence-electron chi connectivity index (χ0n) is 29.7. The summed E-state index contributed by atoms with van der Waals surface area (Å²) < 4.78 is 2.54. The van der Waals surface area contributed by atoms with E-state index in [0.29, 0.717) is 23.0 Å². The maximum Gasteiger partial charge on any atom is 0.164 e. The van der Waals surface area contributed by atoms with Gasteiger partial charge in [0.15, 0.2) is 17.5 Å². The Morgan fingerprint density at radius 1 is 0.463 bits per heavy atom. The lowest BCUT2D eigenvalue weighted by Gasteiger charge is -2.22. The van der Waals surface area contributed by atoms with Gasteiger partial charge in [-0.25, -0.2) is 15.0 Å². The summed E-state index contributed by atoms with van der Waals surface area (Å²) in [5, 5.41) is 12.2. The Balaban J connectivity index is 1.10. The summed E-state index contributed by atoms with van der Waals surface area (Å²) in [6.45, 7) is 4.53. The van der Waals surface area contributed by atoms with Crippen LogP contribution in [-0.2, 0) is 5.41 Å². The highest BCUT2D eigenvalue weighted by atomic mass is 32.1. The average molecular weight is 709 g/mol. The molecule has 54 heavy (non-hydrogen) atoms. The maximum atomic E-state index is 9.64. The van der Waals surface area contributed by atoms with Crippen LogP contribution in [0.3, 0.4) is 0 Å². The van der Waals surface area contributed by atoms with E-state index in [9.17, 15) is 5.26 Å². The number of hydrogen-bond donors (Lipinski definition) is 0. The number of rotatable bonds is 5. The van der Waals surface area contributed by atoms with Gasteiger partial charge in [0.1, 0.15) is 0 Å². The highest BCUT2D eigenvalue weighted by molar-refractivity contribution is 7.26. The van der Waals surface area contributed by atoms with Crippen molar-refractivity contribution in [3.8, 4) is 73.6 Å². The van der Waals surface area contributed by atoms with E-state index in [2.05, 4.69) is 111 Å². The first kappa shape index (κ1) is 32.0.